The summed E-state index contributed by atoms with van der Waals surface area (Å²) in [4.78, 5) is 11.2. The van der Waals surface area contributed by atoms with E-state index in [2.05, 4.69) is 29.4 Å². The van der Waals surface area contributed by atoms with E-state index in [1.54, 1.807) is 4.68 Å². The normalized spacial score (nSPS) is 10.7. The summed E-state index contributed by atoms with van der Waals surface area (Å²) >= 11 is 0. The molecule has 0 spiro atoms. The summed E-state index contributed by atoms with van der Waals surface area (Å²) in [6, 6.07) is 8.03. The topological polar surface area (TPSA) is 68.0 Å². The van der Waals surface area contributed by atoms with Crippen molar-refractivity contribution in [3.63, 3.8) is 0 Å². The number of carbonyl (C=O) groups is 1. The number of benzene rings is 1. The zero-order valence-corrected chi connectivity index (χ0v) is 11.8. The van der Waals surface area contributed by atoms with Gasteiger partial charge in [0.2, 0.25) is 0 Å². The van der Waals surface area contributed by atoms with Crippen LogP contribution >= 0.6 is 0 Å². The third kappa shape index (κ3) is 2.87. The Balaban J connectivity index is 2.38. The molecule has 0 fully saturated rings. The summed E-state index contributed by atoms with van der Waals surface area (Å²) in [5.74, 6) is -1.03. The van der Waals surface area contributed by atoms with Crippen LogP contribution in [0.1, 0.15) is 48.4 Å². The zero-order valence-electron chi connectivity index (χ0n) is 11.8. The lowest BCUT2D eigenvalue weighted by atomic mass is 10.1. The van der Waals surface area contributed by atoms with Gasteiger partial charge in [-0.2, -0.15) is 0 Å². The predicted molar refractivity (Wildman–Crippen MR) is 76.3 cm³/mol. The van der Waals surface area contributed by atoms with E-state index in [1.165, 1.54) is 5.56 Å². The first-order valence-corrected chi connectivity index (χ1v) is 6.94. The summed E-state index contributed by atoms with van der Waals surface area (Å²) in [5, 5.41) is 16.9. The Kier molecular flexibility index (Phi) is 4.50. The molecule has 0 aliphatic rings. The summed E-state index contributed by atoms with van der Waals surface area (Å²) in [5.41, 5.74) is 2.83. The molecule has 0 unspecified atom stereocenters. The molecule has 1 aromatic heterocycles. The first-order chi connectivity index (χ1) is 9.67. The SMILES string of the molecule is CCCc1ccc(-n2nnc(C(=O)O)c2CCC)cc1. The van der Waals surface area contributed by atoms with Gasteiger partial charge in [0.05, 0.1) is 11.4 Å². The maximum Gasteiger partial charge on any atom is 0.358 e. The van der Waals surface area contributed by atoms with Crippen molar-refractivity contribution in [2.24, 2.45) is 0 Å². The van der Waals surface area contributed by atoms with Gasteiger partial charge in [-0.1, -0.05) is 44.0 Å². The third-order valence-corrected chi connectivity index (χ3v) is 3.17. The standard InChI is InChI=1S/C15H19N3O2/c1-3-5-11-7-9-12(10-8-11)18-13(6-4-2)14(15(19)20)16-17-18/h7-10H,3-6H2,1-2H3,(H,19,20). The van der Waals surface area contributed by atoms with Gasteiger partial charge in [-0.3, -0.25) is 0 Å². The maximum atomic E-state index is 11.2. The van der Waals surface area contributed by atoms with E-state index in [9.17, 15) is 4.79 Å². The molecular weight excluding hydrogens is 254 g/mol. The minimum atomic E-state index is -1.03. The average Bonchev–Trinajstić information content (AvgIpc) is 2.84. The molecule has 0 atom stereocenters. The van der Waals surface area contributed by atoms with E-state index in [4.69, 9.17) is 5.11 Å². The molecule has 0 radical (unpaired) electrons. The molecule has 0 saturated carbocycles. The number of rotatable bonds is 6. The van der Waals surface area contributed by atoms with E-state index in [-0.39, 0.29) is 5.69 Å². The highest BCUT2D eigenvalue weighted by Crippen LogP contribution is 2.16. The predicted octanol–water partition coefficient (Wildman–Crippen LogP) is 2.87. The van der Waals surface area contributed by atoms with Crippen molar-refractivity contribution in [1.82, 2.24) is 15.0 Å². The second-order valence-electron chi connectivity index (χ2n) is 4.77. The van der Waals surface area contributed by atoms with Crippen LogP contribution in [0.15, 0.2) is 24.3 Å². The number of carboxylic acid groups (broad SMARTS) is 1. The molecule has 106 valence electrons. The lowest BCUT2D eigenvalue weighted by Crippen LogP contribution is -2.06. The number of aromatic carboxylic acids is 1. The number of nitrogens with zero attached hydrogens (tertiary/aromatic N) is 3. The largest absolute Gasteiger partial charge is 0.476 e. The molecule has 1 heterocycles. The van der Waals surface area contributed by atoms with E-state index in [0.717, 1.165) is 24.9 Å². The molecule has 20 heavy (non-hydrogen) atoms. The molecule has 0 amide bonds. The Morgan fingerprint density at radius 3 is 2.35 bits per heavy atom. The molecule has 0 aliphatic heterocycles. The smallest absolute Gasteiger partial charge is 0.358 e. The minimum Gasteiger partial charge on any atom is -0.476 e. The fourth-order valence-corrected chi connectivity index (χ4v) is 2.23. The van der Waals surface area contributed by atoms with Crippen molar-refractivity contribution in [1.29, 1.82) is 0 Å². The van der Waals surface area contributed by atoms with Gasteiger partial charge in [0.25, 0.3) is 0 Å². The Bertz CT molecular complexity index is 588. The zero-order chi connectivity index (χ0) is 14.5. The number of aromatic nitrogens is 3. The lowest BCUT2D eigenvalue weighted by molar-refractivity contribution is 0.0689. The monoisotopic (exact) mass is 273 g/mol. The van der Waals surface area contributed by atoms with Gasteiger partial charge in [-0.05, 0) is 30.5 Å². The summed E-state index contributed by atoms with van der Waals surface area (Å²) < 4.78 is 1.63. The van der Waals surface area contributed by atoms with Crippen molar-refractivity contribution in [3.05, 3.63) is 41.2 Å². The molecule has 5 nitrogen and oxygen atoms in total. The van der Waals surface area contributed by atoms with Crippen LogP contribution in [0.3, 0.4) is 0 Å². The first-order valence-electron chi connectivity index (χ1n) is 6.94. The van der Waals surface area contributed by atoms with Crippen molar-refractivity contribution >= 4 is 5.97 Å². The van der Waals surface area contributed by atoms with Crippen LogP contribution in [0, 0.1) is 0 Å². The van der Waals surface area contributed by atoms with Crippen LogP contribution in [0.2, 0.25) is 0 Å². The minimum absolute atomic E-state index is 0.0458. The fraction of sp³-hybridized carbons (Fsp3) is 0.400. The van der Waals surface area contributed by atoms with Crippen LogP contribution in [0.25, 0.3) is 5.69 Å². The van der Waals surface area contributed by atoms with Crippen molar-refractivity contribution in [2.45, 2.75) is 39.5 Å². The van der Waals surface area contributed by atoms with Crippen molar-refractivity contribution in [2.75, 3.05) is 0 Å². The van der Waals surface area contributed by atoms with Crippen molar-refractivity contribution in [3.8, 4) is 5.69 Å². The summed E-state index contributed by atoms with van der Waals surface area (Å²) in [6.07, 6.45) is 3.64. The van der Waals surface area contributed by atoms with Crippen LogP contribution < -0.4 is 0 Å². The Hall–Kier alpha value is -2.17. The molecule has 2 rings (SSSR count). The van der Waals surface area contributed by atoms with Gasteiger partial charge in [0.1, 0.15) is 0 Å². The molecule has 1 aromatic carbocycles. The van der Waals surface area contributed by atoms with Crippen LogP contribution in [0.5, 0.6) is 0 Å². The van der Waals surface area contributed by atoms with Gasteiger partial charge in [0, 0.05) is 0 Å². The molecule has 5 heteroatoms. The molecule has 2 aromatic rings. The molecule has 0 aliphatic carbocycles. The van der Waals surface area contributed by atoms with E-state index < -0.39 is 5.97 Å². The summed E-state index contributed by atoms with van der Waals surface area (Å²) in [7, 11) is 0. The van der Waals surface area contributed by atoms with Crippen LogP contribution in [0.4, 0.5) is 0 Å². The van der Waals surface area contributed by atoms with Gasteiger partial charge in [-0.25, -0.2) is 9.48 Å². The third-order valence-electron chi connectivity index (χ3n) is 3.17. The highest BCUT2D eigenvalue weighted by Gasteiger charge is 2.18. The lowest BCUT2D eigenvalue weighted by Gasteiger charge is -2.07. The Morgan fingerprint density at radius 1 is 1.15 bits per heavy atom. The Labute approximate surface area is 118 Å². The Morgan fingerprint density at radius 2 is 1.80 bits per heavy atom. The molecule has 0 bridgehead atoms. The van der Waals surface area contributed by atoms with Gasteiger partial charge in [-0.15, -0.1) is 5.10 Å². The number of hydrogen-bond acceptors (Lipinski definition) is 3. The molecule has 1 N–H and O–H groups in total. The highest BCUT2D eigenvalue weighted by molar-refractivity contribution is 5.86. The second-order valence-corrected chi connectivity index (χ2v) is 4.77. The number of carboxylic acids is 1. The van der Waals surface area contributed by atoms with Crippen LogP contribution in [-0.4, -0.2) is 26.1 Å². The highest BCUT2D eigenvalue weighted by atomic mass is 16.4. The van der Waals surface area contributed by atoms with Gasteiger partial charge in [0.15, 0.2) is 5.69 Å². The van der Waals surface area contributed by atoms with Gasteiger partial charge < -0.3 is 5.11 Å². The number of hydrogen-bond donors (Lipinski definition) is 1. The quantitative estimate of drug-likeness (QED) is 0.878. The average molecular weight is 273 g/mol. The fourth-order valence-electron chi connectivity index (χ4n) is 2.23. The first kappa shape index (κ1) is 14.2. The molecular formula is C15H19N3O2. The summed E-state index contributed by atoms with van der Waals surface area (Å²) in [6.45, 7) is 4.15. The van der Waals surface area contributed by atoms with Gasteiger partial charge >= 0.3 is 5.97 Å². The van der Waals surface area contributed by atoms with Crippen LogP contribution in [-0.2, 0) is 12.8 Å². The second kappa shape index (κ2) is 6.32. The van der Waals surface area contributed by atoms with E-state index in [1.807, 2.05) is 19.1 Å². The van der Waals surface area contributed by atoms with E-state index >= 15 is 0 Å². The number of aryl methyl sites for hydroxylation is 1. The van der Waals surface area contributed by atoms with E-state index in [0.29, 0.717) is 12.1 Å². The molecule has 0 saturated heterocycles. The maximum absolute atomic E-state index is 11.2. The van der Waals surface area contributed by atoms with Crippen molar-refractivity contribution < 1.29 is 9.90 Å².